The molecule has 0 bridgehead atoms. The number of carbonyl (C=O) groups excluding carboxylic acids is 1. The van der Waals surface area contributed by atoms with Gasteiger partial charge in [-0.05, 0) is 53.9 Å². The summed E-state index contributed by atoms with van der Waals surface area (Å²) in [4.78, 5) is 16.9. The third kappa shape index (κ3) is 4.50. The number of nitriles is 1. The van der Waals surface area contributed by atoms with Gasteiger partial charge >= 0.3 is 0 Å². The minimum atomic E-state index is -0.187. The third-order valence-corrected chi connectivity index (χ3v) is 4.14. The number of hydrogen-bond acceptors (Lipinski definition) is 4. The molecule has 0 aliphatic rings. The second-order valence-electron chi connectivity index (χ2n) is 6.44. The number of carbonyl (C=O) groups is 1. The maximum absolute atomic E-state index is 12.7. The largest absolute Gasteiger partial charge is 0.340 e. The molecular weight excluding hydrogens is 336 g/mol. The van der Waals surface area contributed by atoms with Gasteiger partial charge in [0.25, 0.3) is 5.91 Å². The average Bonchev–Trinajstić information content (AvgIpc) is 2.69. The molecule has 2 N–H and O–H groups in total. The number of benzene rings is 2. The van der Waals surface area contributed by atoms with Gasteiger partial charge in [0.15, 0.2) is 0 Å². The molecule has 5 nitrogen and oxygen atoms in total. The smallest absolute Gasteiger partial charge is 0.255 e. The van der Waals surface area contributed by atoms with Crippen LogP contribution in [0.2, 0.25) is 0 Å². The van der Waals surface area contributed by atoms with Crippen molar-refractivity contribution in [3.63, 3.8) is 0 Å². The quantitative estimate of drug-likeness (QED) is 0.669. The molecule has 0 saturated carbocycles. The summed E-state index contributed by atoms with van der Waals surface area (Å²) in [5, 5.41) is 15.0. The Morgan fingerprint density at radius 1 is 1.07 bits per heavy atom. The van der Waals surface area contributed by atoms with Crippen molar-refractivity contribution in [2.24, 2.45) is 0 Å². The highest BCUT2D eigenvalue weighted by atomic mass is 16.1. The van der Waals surface area contributed by atoms with Crippen LogP contribution in [-0.4, -0.2) is 10.9 Å². The molecule has 0 spiro atoms. The fourth-order valence-electron chi connectivity index (χ4n) is 2.72. The van der Waals surface area contributed by atoms with Crippen LogP contribution in [0.5, 0.6) is 0 Å². The number of amides is 1. The van der Waals surface area contributed by atoms with E-state index in [1.54, 1.807) is 42.6 Å². The lowest BCUT2D eigenvalue weighted by Crippen LogP contribution is -2.14. The lowest BCUT2D eigenvalue weighted by Gasteiger charge is -2.14. The minimum absolute atomic E-state index is 0.187. The Morgan fingerprint density at radius 2 is 1.81 bits per heavy atom. The van der Waals surface area contributed by atoms with Gasteiger partial charge in [-0.15, -0.1) is 0 Å². The number of nitrogens with one attached hydrogen (secondary N) is 2. The van der Waals surface area contributed by atoms with Crippen molar-refractivity contribution in [3.05, 3.63) is 83.6 Å². The highest BCUT2D eigenvalue weighted by Gasteiger charge is 2.11. The summed E-state index contributed by atoms with van der Waals surface area (Å²) < 4.78 is 0. The van der Waals surface area contributed by atoms with Gasteiger partial charge in [-0.3, -0.25) is 4.79 Å². The van der Waals surface area contributed by atoms with Gasteiger partial charge in [0, 0.05) is 23.1 Å². The zero-order valence-corrected chi connectivity index (χ0v) is 15.2. The number of rotatable bonds is 5. The van der Waals surface area contributed by atoms with Gasteiger partial charge in [-0.1, -0.05) is 32.0 Å². The molecule has 5 heteroatoms. The minimum Gasteiger partial charge on any atom is -0.340 e. The topological polar surface area (TPSA) is 77.8 Å². The first-order chi connectivity index (χ1) is 13.1. The Morgan fingerprint density at radius 3 is 2.52 bits per heavy atom. The molecule has 0 aliphatic carbocycles. The van der Waals surface area contributed by atoms with Crippen LogP contribution in [0.1, 0.15) is 41.3 Å². The van der Waals surface area contributed by atoms with Crippen LogP contribution in [0.15, 0.2) is 66.9 Å². The summed E-state index contributed by atoms with van der Waals surface area (Å²) in [5.74, 6) is 0.686. The summed E-state index contributed by atoms with van der Waals surface area (Å²) in [6.07, 6.45) is 1.59. The van der Waals surface area contributed by atoms with E-state index in [-0.39, 0.29) is 5.91 Å². The number of hydrogen-bond donors (Lipinski definition) is 2. The van der Waals surface area contributed by atoms with Gasteiger partial charge < -0.3 is 10.6 Å². The normalized spacial score (nSPS) is 10.3. The maximum Gasteiger partial charge on any atom is 0.255 e. The summed E-state index contributed by atoms with van der Waals surface area (Å²) in [5.41, 5.74) is 3.81. The SMILES string of the molecule is CC(C)c1ccccc1NC(=O)c1ccnc(Nc2ccc(C#N)cc2)c1. The van der Waals surface area contributed by atoms with Gasteiger partial charge in [0.05, 0.1) is 11.6 Å². The number of para-hydroxylation sites is 1. The van der Waals surface area contributed by atoms with Crippen molar-refractivity contribution in [1.29, 1.82) is 5.26 Å². The zero-order valence-electron chi connectivity index (χ0n) is 15.2. The summed E-state index contributed by atoms with van der Waals surface area (Å²) in [6, 6.07) is 20.3. The van der Waals surface area contributed by atoms with Gasteiger partial charge in [0.1, 0.15) is 5.82 Å². The lowest BCUT2D eigenvalue weighted by molar-refractivity contribution is 0.102. The molecule has 0 unspecified atom stereocenters. The Bertz CT molecular complexity index is 988. The highest BCUT2D eigenvalue weighted by Crippen LogP contribution is 2.24. The van der Waals surface area contributed by atoms with Crippen LogP contribution >= 0.6 is 0 Å². The van der Waals surface area contributed by atoms with E-state index in [9.17, 15) is 4.79 Å². The number of aromatic nitrogens is 1. The van der Waals surface area contributed by atoms with Crippen LogP contribution in [0, 0.1) is 11.3 Å². The molecular formula is C22H20N4O. The van der Waals surface area contributed by atoms with Crippen LogP contribution in [0.4, 0.5) is 17.2 Å². The van der Waals surface area contributed by atoms with Gasteiger partial charge in [-0.25, -0.2) is 4.98 Å². The molecule has 27 heavy (non-hydrogen) atoms. The zero-order chi connectivity index (χ0) is 19.2. The number of pyridine rings is 1. The van der Waals surface area contributed by atoms with Crippen LogP contribution in [0.25, 0.3) is 0 Å². The van der Waals surface area contributed by atoms with Crippen molar-refractivity contribution < 1.29 is 4.79 Å². The van der Waals surface area contributed by atoms with E-state index < -0.39 is 0 Å². The highest BCUT2D eigenvalue weighted by molar-refractivity contribution is 6.05. The predicted molar refractivity (Wildman–Crippen MR) is 107 cm³/mol. The van der Waals surface area contributed by atoms with Crippen LogP contribution < -0.4 is 10.6 Å². The predicted octanol–water partition coefficient (Wildman–Crippen LogP) is 5.07. The van der Waals surface area contributed by atoms with Crippen LogP contribution in [-0.2, 0) is 0 Å². The van der Waals surface area contributed by atoms with Crippen molar-refractivity contribution in [1.82, 2.24) is 4.98 Å². The molecule has 1 aromatic heterocycles. The molecule has 0 saturated heterocycles. The Hall–Kier alpha value is -3.65. The van der Waals surface area contributed by atoms with E-state index in [2.05, 4.69) is 35.5 Å². The van der Waals surface area contributed by atoms with Crippen LogP contribution in [0.3, 0.4) is 0 Å². The first kappa shape index (κ1) is 18.2. The lowest BCUT2D eigenvalue weighted by atomic mass is 10.0. The number of nitrogens with zero attached hydrogens (tertiary/aromatic N) is 2. The molecule has 0 atom stereocenters. The molecule has 0 radical (unpaired) electrons. The van der Waals surface area contributed by atoms with E-state index in [0.29, 0.717) is 22.9 Å². The van der Waals surface area contributed by atoms with E-state index in [1.165, 1.54) is 0 Å². The maximum atomic E-state index is 12.7. The molecule has 134 valence electrons. The second-order valence-corrected chi connectivity index (χ2v) is 6.44. The van der Waals surface area contributed by atoms with E-state index >= 15 is 0 Å². The monoisotopic (exact) mass is 356 g/mol. The molecule has 2 aromatic carbocycles. The Labute approximate surface area is 158 Å². The molecule has 0 aliphatic heterocycles. The summed E-state index contributed by atoms with van der Waals surface area (Å²) in [7, 11) is 0. The summed E-state index contributed by atoms with van der Waals surface area (Å²) in [6.45, 7) is 4.19. The van der Waals surface area contributed by atoms with E-state index in [1.807, 2.05) is 24.3 Å². The third-order valence-electron chi connectivity index (χ3n) is 4.14. The molecule has 3 aromatic rings. The van der Waals surface area contributed by atoms with Crippen molar-refractivity contribution >= 4 is 23.1 Å². The van der Waals surface area contributed by atoms with E-state index in [4.69, 9.17) is 5.26 Å². The first-order valence-corrected chi connectivity index (χ1v) is 8.70. The fourth-order valence-corrected chi connectivity index (χ4v) is 2.72. The van der Waals surface area contributed by atoms with Gasteiger partial charge in [0.2, 0.25) is 0 Å². The molecule has 0 fully saturated rings. The first-order valence-electron chi connectivity index (χ1n) is 8.70. The Balaban J connectivity index is 1.77. The second kappa shape index (κ2) is 8.15. The molecule has 1 amide bonds. The van der Waals surface area contributed by atoms with E-state index in [0.717, 1.165) is 16.9 Å². The number of anilines is 3. The molecule has 3 rings (SSSR count). The van der Waals surface area contributed by atoms with Crippen molar-refractivity contribution in [2.45, 2.75) is 19.8 Å². The van der Waals surface area contributed by atoms with Crippen molar-refractivity contribution in [2.75, 3.05) is 10.6 Å². The Kier molecular flexibility index (Phi) is 5.48. The molecule has 1 heterocycles. The average molecular weight is 356 g/mol. The fraction of sp³-hybridized carbons (Fsp3) is 0.136. The summed E-state index contributed by atoms with van der Waals surface area (Å²) >= 11 is 0. The van der Waals surface area contributed by atoms with Gasteiger partial charge in [-0.2, -0.15) is 5.26 Å². The standard InChI is InChI=1S/C22H20N4O/c1-15(2)19-5-3-4-6-20(19)26-22(27)17-11-12-24-21(13-17)25-18-9-7-16(14-23)8-10-18/h3-13,15H,1-2H3,(H,24,25)(H,26,27). The van der Waals surface area contributed by atoms with Crippen molar-refractivity contribution in [3.8, 4) is 6.07 Å².